The predicted octanol–water partition coefficient (Wildman–Crippen LogP) is 3.85. The molecule has 0 amide bonds. The van der Waals surface area contributed by atoms with Gasteiger partial charge < -0.3 is 5.73 Å². The number of rotatable bonds is 4. The molecule has 19 heavy (non-hydrogen) atoms. The molecule has 0 aliphatic carbocycles. The van der Waals surface area contributed by atoms with Gasteiger partial charge in [0.1, 0.15) is 5.82 Å². The van der Waals surface area contributed by atoms with E-state index in [2.05, 4.69) is 32.6 Å². The highest BCUT2D eigenvalue weighted by atomic mass is 35.5. The Hall–Kier alpha value is -0.640. The third-order valence-corrected chi connectivity index (χ3v) is 4.14. The number of nitrogens with two attached hydrogens (primary N) is 1. The first-order chi connectivity index (χ1) is 8.68. The zero-order chi connectivity index (χ0) is 14.8. The van der Waals surface area contributed by atoms with Gasteiger partial charge in [-0.1, -0.05) is 38.4 Å². The smallest absolute Gasteiger partial charge is 0.129 e. The minimum Gasteiger partial charge on any atom is -0.329 e. The third-order valence-electron chi connectivity index (χ3n) is 3.90. The van der Waals surface area contributed by atoms with Crippen LogP contribution in [0.5, 0.6) is 0 Å². The Morgan fingerprint density at radius 3 is 2.37 bits per heavy atom. The van der Waals surface area contributed by atoms with Crippen LogP contribution in [-0.4, -0.2) is 24.5 Å². The average Bonchev–Trinajstić information content (AvgIpc) is 2.30. The maximum atomic E-state index is 14.0. The summed E-state index contributed by atoms with van der Waals surface area (Å²) in [6.07, 6.45) is 0. The SMILES string of the molecule is CC(N(C)C(CN)c1ccc(Cl)cc1F)C(C)(C)C. The van der Waals surface area contributed by atoms with Crippen molar-refractivity contribution in [3.8, 4) is 0 Å². The van der Waals surface area contributed by atoms with E-state index >= 15 is 0 Å². The van der Waals surface area contributed by atoms with Crippen molar-refractivity contribution in [1.82, 2.24) is 4.90 Å². The van der Waals surface area contributed by atoms with Crippen molar-refractivity contribution in [2.75, 3.05) is 13.6 Å². The van der Waals surface area contributed by atoms with Gasteiger partial charge in [0.15, 0.2) is 0 Å². The second-order valence-corrected chi connectivity index (χ2v) is 6.56. The summed E-state index contributed by atoms with van der Waals surface area (Å²) < 4.78 is 14.0. The second-order valence-electron chi connectivity index (χ2n) is 6.12. The Morgan fingerprint density at radius 1 is 1.37 bits per heavy atom. The summed E-state index contributed by atoms with van der Waals surface area (Å²) in [4.78, 5) is 2.13. The van der Waals surface area contributed by atoms with Crippen LogP contribution >= 0.6 is 11.6 Å². The molecule has 2 unspecified atom stereocenters. The molecule has 1 aromatic rings. The average molecular weight is 287 g/mol. The number of halogens is 2. The van der Waals surface area contributed by atoms with E-state index in [1.807, 2.05) is 7.05 Å². The monoisotopic (exact) mass is 286 g/mol. The summed E-state index contributed by atoms with van der Waals surface area (Å²) in [6, 6.07) is 4.90. The quantitative estimate of drug-likeness (QED) is 0.911. The van der Waals surface area contributed by atoms with Gasteiger partial charge >= 0.3 is 0 Å². The predicted molar refractivity (Wildman–Crippen MR) is 79.9 cm³/mol. The van der Waals surface area contributed by atoms with Crippen LogP contribution < -0.4 is 5.73 Å². The molecule has 0 bridgehead atoms. The number of nitrogens with zero attached hydrogens (tertiary/aromatic N) is 1. The van der Waals surface area contributed by atoms with E-state index in [1.165, 1.54) is 6.07 Å². The third kappa shape index (κ3) is 3.91. The van der Waals surface area contributed by atoms with Crippen molar-refractivity contribution in [3.05, 3.63) is 34.6 Å². The lowest BCUT2D eigenvalue weighted by atomic mass is 9.86. The Labute approximate surface area is 120 Å². The molecular formula is C15H24ClFN2. The fourth-order valence-corrected chi connectivity index (χ4v) is 2.32. The van der Waals surface area contributed by atoms with Crippen LogP contribution in [0.4, 0.5) is 4.39 Å². The lowest BCUT2D eigenvalue weighted by Gasteiger charge is -2.40. The normalized spacial score (nSPS) is 15.6. The first kappa shape index (κ1) is 16.4. The molecule has 2 nitrogen and oxygen atoms in total. The fourth-order valence-electron chi connectivity index (χ4n) is 2.17. The summed E-state index contributed by atoms with van der Waals surface area (Å²) in [5.74, 6) is -0.295. The molecule has 108 valence electrons. The summed E-state index contributed by atoms with van der Waals surface area (Å²) in [7, 11) is 1.99. The minimum atomic E-state index is -0.295. The van der Waals surface area contributed by atoms with Gasteiger partial charge in [-0.25, -0.2) is 4.39 Å². The molecule has 0 aliphatic heterocycles. The van der Waals surface area contributed by atoms with Crippen molar-refractivity contribution in [3.63, 3.8) is 0 Å². The van der Waals surface area contributed by atoms with Gasteiger partial charge in [0.05, 0.1) is 0 Å². The lowest BCUT2D eigenvalue weighted by molar-refractivity contribution is 0.0984. The fraction of sp³-hybridized carbons (Fsp3) is 0.600. The summed E-state index contributed by atoms with van der Waals surface area (Å²) in [5.41, 5.74) is 6.56. The van der Waals surface area contributed by atoms with Crippen LogP contribution in [0.2, 0.25) is 5.02 Å². The minimum absolute atomic E-state index is 0.102. The number of hydrogen-bond donors (Lipinski definition) is 1. The van der Waals surface area contributed by atoms with Crippen LogP contribution in [0.15, 0.2) is 18.2 Å². The molecule has 0 saturated heterocycles. The van der Waals surface area contributed by atoms with Crippen molar-refractivity contribution in [1.29, 1.82) is 0 Å². The zero-order valence-corrected chi connectivity index (χ0v) is 13.1. The molecule has 0 aromatic heterocycles. The standard InChI is InChI=1S/C15H24ClFN2/c1-10(15(2,3)4)19(5)14(9-18)12-7-6-11(16)8-13(12)17/h6-8,10,14H,9,18H2,1-5H3. The van der Waals surface area contributed by atoms with E-state index in [4.69, 9.17) is 17.3 Å². The maximum Gasteiger partial charge on any atom is 0.129 e. The van der Waals surface area contributed by atoms with Crippen LogP contribution in [0.25, 0.3) is 0 Å². The molecule has 0 saturated carbocycles. The van der Waals surface area contributed by atoms with E-state index in [1.54, 1.807) is 12.1 Å². The van der Waals surface area contributed by atoms with Crippen molar-refractivity contribution >= 4 is 11.6 Å². The topological polar surface area (TPSA) is 29.3 Å². The highest BCUT2D eigenvalue weighted by molar-refractivity contribution is 6.30. The van der Waals surface area contributed by atoms with Gasteiger partial charge in [-0.05, 0) is 31.5 Å². The van der Waals surface area contributed by atoms with E-state index in [9.17, 15) is 4.39 Å². The lowest BCUT2D eigenvalue weighted by Crippen LogP contribution is -2.44. The highest BCUT2D eigenvalue weighted by Gasteiger charge is 2.29. The van der Waals surface area contributed by atoms with E-state index < -0.39 is 0 Å². The van der Waals surface area contributed by atoms with E-state index in [-0.39, 0.29) is 23.3 Å². The molecule has 2 atom stereocenters. The first-order valence-corrected chi connectivity index (χ1v) is 6.93. The summed E-state index contributed by atoms with van der Waals surface area (Å²) in [5, 5.41) is 0.406. The van der Waals surface area contributed by atoms with Gasteiger partial charge in [0.25, 0.3) is 0 Å². The maximum absolute atomic E-state index is 14.0. The summed E-state index contributed by atoms with van der Waals surface area (Å²) >= 11 is 5.79. The molecule has 1 aromatic carbocycles. The molecule has 1 rings (SSSR count). The van der Waals surface area contributed by atoms with Gasteiger partial charge in [-0.2, -0.15) is 0 Å². The Morgan fingerprint density at radius 2 is 1.95 bits per heavy atom. The van der Waals surface area contributed by atoms with Crippen LogP contribution in [0.3, 0.4) is 0 Å². The molecule has 0 aliphatic rings. The molecule has 0 spiro atoms. The largest absolute Gasteiger partial charge is 0.329 e. The Balaban J connectivity index is 3.06. The Kier molecular flexibility index (Phi) is 5.36. The van der Waals surface area contributed by atoms with Crippen molar-refractivity contribution in [2.24, 2.45) is 11.1 Å². The number of benzene rings is 1. The highest BCUT2D eigenvalue weighted by Crippen LogP contribution is 2.31. The van der Waals surface area contributed by atoms with E-state index in [0.29, 0.717) is 17.1 Å². The van der Waals surface area contributed by atoms with Crippen LogP contribution in [0.1, 0.15) is 39.3 Å². The number of hydrogen-bond acceptors (Lipinski definition) is 2. The van der Waals surface area contributed by atoms with Gasteiger partial charge in [-0.3, -0.25) is 4.90 Å². The van der Waals surface area contributed by atoms with Gasteiger partial charge in [-0.15, -0.1) is 0 Å². The summed E-state index contributed by atoms with van der Waals surface area (Å²) in [6.45, 7) is 9.01. The Bertz CT molecular complexity index is 429. The molecule has 0 heterocycles. The van der Waals surface area contributed by atoms with Gasteiger partial charge in [0.2, 0.25) is 0 Å². The van der Waals surface area contributed by atoms with Crippen molar-refractivity contribution in [2.45, 2.75) is 39.8 Å². The number of likely N-dealkylation sites (N-methyl/N-ethyl adjacent to an activating group) is 1. The van der Waals surface area contributed by atoms with E-state index in [0.717, 1.165) is 0 Å². The first-order valence-electron chi connectivity index (χ1n) is 6.55. The van der Waals surface area contributed by atoms with Crippen LogP contribution in [0, 0.1) is 11.2 Å². The molecular weight excluding hydrogens is 263 g/mol. The van der Waals surface area contributed by atoms with Gasteiger partial charge in [0, 0.05) is 29.2 Å². The molecule has 4 heteroatoms. The van der Waals surface area contributed by atoms with Crippen LogP contribution in [-0.2, 0) is 0 Å². The zero-order valence-electron chi connectivity index (χ0n) is 12.4. The van der Waals surface area contributed by atoms with Crippen molar-refractivity contribution < 1.29 is 4.39 Å². The molecule has 0 fully saturated rings. The molecule has 0 radical (unpaired) electrons. The molecule has 2 N–H and O–H groups in total. The second kappa shape index (κ2) is 6.21.